The molecule has 1 aromatic rings. The summed E-state index contributed by atoms with van der Waals surface area (Å²) in [5.41, 5.74) is 6.79. The van der Waals surface area contributed by atoms with Gasteiger partial charge in [0.25, 0.3) is 0 Å². The van der Waals surface area contributed by atoms with E-state index in [1.807, 2.05) is 6.07 Å². The van der Waals surface area contributed by atoms with Gasteiger partial charge in [0, 0.05) is 24.7 Å². The zero-order valence-electron chi connectivity index (χ0n) is 11.6. The van der Waals surface area contributed by atoms with Crippen molar-refractivity contribution in [3.63, 3.8) is 0 Å². The summed E-state index contributed by atoms with van der Waals surface area (Å²) in [5.74, 6) is 0.403. The summed E-state index contributed by atoms with van der Waals surface area (Å²) in [6, 6.07) is 5.10. The molecule has 0 aliphatic heterocycles. The van der Waals surface area contributed by atoms with Crippen LogP contribution in [0.4, 0.5) is 4.39 Å². The maximum absolute atomic E-state index is 13.5. The Morgan fingerprint density at radius 3 is 2.63 bits per heavy atom. The van der Waals surface area contributed by atoms with Gasteiger partial charge in [-0.3, -0.25) is 10.3 Å². The third-order valence-corrected chi connectivity index (χ3v) is 3.57. The average Bonchev–Trinajstić information content (AvgIpc) is 3.11. The lowest BCUT2D eigenvalue weighted by atomic mass is 10.1. The molecule has 0 atom stereocenters. The van der Waals surface area contributed by atoms with Gasteiger partial charge in [-0.05, 0) is 56.4 Å². The Kier molecular flexibility index (Phi) is 4.20. The van der Waals surface area contributed by atoms with Gasteiger partial charge in [0.05, 0.1) is 0 Å². The fourth-order valence-corrected chi connectivity index (χ4v) is 2.22. The molecule has 0 bridgehead atoms. The van der Waals surface area contributed by atoms with Crippen molar-refractivity contribution < 1.29 is 4.39 Å². The minimum absolute atomic E-state index is 0.0842. The molecule has 0 amide bonds. The van der Waals surface area contributed by atoms with E-state index in [2.05, 4.69) is 18.7 Å². The molecule has 1 saturated carbocycles. The molecule has 19 heavy (non-hydrogen) atoms. The lowest BCUT2D eigenvalue weighted by molar-refractivity contribution is 0.203. The number of halogens is 1. The number of nitrogens with one attached hydrogen (secondary N) is 1. The van der Waals surface area contributed by atoms with Gasteiger partial charge >= 0.3 is 0 Å². The van der Waals surface area contributed by atoms with Gasteiger partial charge in [-0.2, -0.15) is 0 Å². The second-order valence-corrected chi connectivity index (χ2v) is 5.73. The molecule has 0 saturated heterocycles. The average molecular weight is 263 g/mol. The van der Waals surface area contributed by atoms with E-state index in [0.717, 1.165) is 18.0 Å². The zero-order chi connectivity index (χ0) is 14.0. The van der Waals surface area contributed by atoms with Crippen LogP contribution in [0.15, 0.2) is 18.2 Å². The molecule has 2 rings (SSSR count). The van der Waals surface area contributed by atoms with E-state index in [0.29, 0.717) is 18.2 Å². The smallest absolute Gasteiger partial charge is 0.124 e. The predicted octanol–water partition coefficient (Wildman–Crippen LogP) is 2.73. The van der Waals surface area contributed by atoms with Crippen molar-refractivity contribution in [2.24, 2.45) is 11.7 Å². The van der Waals surface area contributed by atoms with Crippen LogP contribution in [0.1, 0.15) is 37.8 Å². The lowest BCUT2D eigenvalue weighted by Crippen LogP contribution is -2.32. The fraction of sp³-hybridized carbons (Fsp3) is 0.533. The fourth-order valence-electron chi connectivity index (χ4n) is 2.22. The van der Waals surface area contributed by atoms with Gasteiger partial charge in [0.2, 0.25) is 0 Å². The number of amidine groups is 1. The maximum Gasteiger partial charge on any atom is 0.124 e. The van der Waals surface area contributed by atoms with E-state index in [9.17, 15) is 4.39 Å². The van der Waals surface area contributed by atoms with Gasteiger partial charge in [-0.25, -0.2) is 4.39 Å². The molecule has 3 nitrogen and oxygen atoms in total. The molecule has 0 spiro atoms. The molecule has 1 aromatic carbocycles. The molecule has 0 unspecified atom stereocenters. The maximum atomic E-state index is 13.5. The topological polar surface area (TPSA) is 53.1 Å². The Morgan fingerprint density at radius 1 is 1.42 bits per heavy atom. The Morgan fingerprint density at radius 2 is 2.11 bits per heavy atom. The van der Waals surface area contributed by atoms with Crippen LogP contribution in [0.3, 0.4) is 0 Å². The molecule has 3 N–H and O–H groups in total. The minimum atomic E-state index is -0.321. The third-order valence-electron chi connectivity index (χ3n) is 3.57. The summed E-state index contributed by atoms with van der Waals surface area (Å²) in [4.78, 5) is 2.36. The van der Waals surface area contributed by atoms with E-state index in [-0.39, 0.29) is 11.7 Å². The first kappa shape index (κ1) is 14.0. The molecular formula is C15H22FN3. The monoisotopic (exact) mass is 263 g/mol. The summed E-state index contributed by atoms with van der Waals surface area (Å²) < 4.78 is 13.5. The predicted molar refractivity (Wildman–Crippen MR) is 75.7 cm³/mol. The summed E-state index contributed by atoms with van der Waals surface area (Å²) >= 11 is 0. The first-order valence-electron chi connectivity index (χ1n) is 6.83. The highest BCUT2D eigenvalue weighted by Crippen LogP contribution is 2.30. The minimum Gasteiger partial charge on any atom is -0.384 e. The quantitative estimate of drug-likeness (QED) is 0.612. The number of hydrogen-bond donors (Lipinski definition) is 2. The Hall–Kier alpha value is -1.42. The van der Waals surface area contributed by atoms with Crippen LogP contribution in [0.5, 0.6) is 0 Å². The Bertz CT molecular complexity index is 466. The van der Waals surface area contributed by atoms with Crippen LogP contribution in [-0.4, -0.2) is 23.3 Å². The summed E-state index contributed by atoms with van der Waals surface area (Å²) in [6.45, 7) is 6.11. The molecule has 104 valence electrons. The van der Waals surface area contributed by atoms with Gasteiger partial charge in [0.15, 0.2) is 0 Å². The van der Waals surface area contributed by atoms with E-state index in [1.54, 1.807) is 0 Å². The van der Waals surface area contributed by atoms with Crippen LogP contribution in [-0.2, 0) is 6.54 Å². The van der Waals surface area contributed by atoms with E-state index >= 15 is 0 Å². The largest absolute Gasteiger partial charge is 0.384 e. The molecule has 0 heterocycles. The molecule has 0 aromatic heterocycles. The summed E-state index contributed by atoms with van der Waals surface area (Å²) in [6.07, 6.45) is 2.62. The van der Waals surface area contributed by atoms with Crippen LogP contribution in [0, 0.1) is 17.1 Å². The molecule has 0 radical (unpaired) electrons. The van der Waals surface area contributed by atoms with Crippen molar-refractivity contribution in [2.45, 2.75) is 39.3 Å². The van der Waals surface area contributed by atoms with Gasteiger partial charge in [-0.1, -0.05) is 0 Å². The molecule has 1 aliphatic carbocycles. The Labute approximate surface area is 114 Å². The van der Waals surface area contributed by atoms with Gasteiger partial charge < -0.3 is 5.73 Å². The number of rotatable bonds is 6. The van der Waals surface area contributed by atoms with Crippen molar-refractivity contribution in [3.05, 3.63) is 35.1 Å². The summed E-state index contributed by atoms with van der Waals surface area (Å²) in [7, 11) is 0. The normalized spacial score (nSPS) is 15.2. The second-order valence-electron chi connectivity index (χ2n) is 5.73. The lowest BCUT2D eigenvalue weighted by Gasteiger charge is -2.26. The first-order chi connectivity index (χ1) is 8.95. The van der Waals surface area contributed by atoms with Gasteiger partial charge in [-0.15, -0.1) is 0 Å². The number of nitrogens with zero attached hydrogens (tertiary/aromatic N) is 1. The SMILES string of the molecule is CC(C)N(Cc1cc(F)cc(C(=N)N)c1)CC1CC1. The molecule has 4 heteroatoms. The van der Waals surface area contributed by atoms with Crippen molar-refractivity contribution in [1.29, 1.82) is 5.41 Å². The molecule has 1 aliphatic rings. The molecule has 1 fully saturated rings. The van der Waals surface area contributed by atoms with Crippen molar-refractivity contribution >= 4 is 5.84 Å². The Balaban J connectivity index is 2.13. The van der Waals surface area contributed by atoms with Crippen LogP contribution >= 0.6 is 0 Å². The highest BCUT2D eigenvalue weighted by atomic mass is 19.1. The van der Waals surface area contributed by atoms with Crippen LogP contribution in [0.2, 0.25) is 0 Å². The molecular weight excluding hydrogens is 241 g/mol. The highest BCUT2D eigenvalue weighted by molar-refractivity contribution is 5.95. The van der Waals surface area contributed by atoms with E-state index in [4.69, 9.17) is 11.1 Å². The highest BCUT2D eigenvalue weighted by Gasteiger charge is 2.25. The van der Waals surface area contributed by atoms with Crippen molar-refractivity contribution in [2.75, 3.05) is 6.54 Å². The number of nitrogens with two attached hydrogens (primary N) is 1. The van der Waals surface area contributed by atoms with E-state index < -0.39 is 0 Å². The van der Waals surface area contributed by atoms with Crippen molar-refractivity contribution in [1.82, 2.24) is 4.90 Å². The van der Waals surface area contributed by atoms with Crippen LogP contribution in [0.25, 0.3) is 0 Å². The third kappa shape index (κ3) is 4.03. The number of nitrogen functional groups attached to an aromatic ring is 1. The summed E-state index contributed by atoms with van der Waals surface area (Å²) in [5, 5.41) is 7.42. The second kappa shape index (κ2) is 5.70. The van der Waals surface area contributed by atoms with Gasteiger partial charge in [0.1, 0.15) is 11.7 Å². The number of benzene rings is 1. The van der Waals surface area contributed by atoms with E-state index in [1.165, 1.54) is 25.0 Å². The first-order valence-corrected chi connectivity index (χ1v) is 6.83. The van der Waals surface area contributed by atoms with Crippen molar-refractivity contribution in [3.8, 4) is 0 Å². The number of hydrogen-bond acceptors (Lipinski definition) is 2. The zero-order valence-corrected chi connectivity index (χ0v) is 11.6. The standard InChI is InChI=1S/C15H22FN3/c1-10(2)19(8-11-3-4-11)9-12-5-13(15(17)18)7-14(16)6-12/h5-7,10-11H,3-4,8-9H2,1-2H3,(H3,17,18). The van der Waals surface area contributed by atoms with Crippen LogP contribution < -0.4 is 5.73 Å².